The van der Waals surface area contributed by atoms with E-state index in [1.165, 1.54) is 0 Å². The van der Waals surface area contributed by atoms with E-state index < -0.39 is 0 Å². The van der Waals surface area contributed by atoms with Gasteiger partial charge in [-0.25, -0.2) is 4.98 Å². The maximum atomic E-state index is 12.7. The second kappa shape index (κ2) is 10.7. The summed E-state index contributed by atoms with van der Waals surface area (Å²) in [6.45, 7) is 0. The highest BCUT2D eigenvalue weighted by molar-refractivity contribution is 6.05. The molecule has 196 valence electrons. The molecule has 4 aromatic carbocycles. The molecule has 2 N–H and O–H groups in total. The fraction of sp³-hybridized carbons (Fsp3) is 0.129. The first-order valence-electron chi connectivity index (χ1n) is 12.5. The van der Waals surface area contributed by atoms with Crippen molar-refractivity contribution in [1.29, 1.82) is 0 Å². The summed E-state index contributed by atoms with van der Waals surface area (Å²) in [5.41, 5.74) is 6.48. The molecular formula is C31H29N5O3. The molecule has 0 atom stereocenters. The normalized spacial score (nSPS) is 10.8. The van der Waals surface area contributed by atoms with Crippen LogP contribution in [-0.2, 0) is 0 Å². The Morgan fingerprint density at radius 3 is 1.64 bits per heavy atom. The lowest BCUT2D eigenvalue weighted by molar-refractivity contribution is 0.101. The number of fused-ring (bicyclic) bond motifs is 1. The average molecular weight is 520 g/mol. The van der Waals surface area contributed by atoms with Gasteiger partial charge in [-0.3, -0.25) is 9.59 Å². The lowest BCUT2D eigenvalue weighted by Crippen LogP contribution is -2.13. The number of aromatic nitrogens is 1. The Hall–Kier alpha value is -5.11. The summed E-state index contributed by atoms with van der Waals surface area (Å²) in [6.07, 6.45) is 0. The number of oxazole rings is 1. The quantitative estimate of drug-likeness (QED) is 0.269. The van der Waals surface area contributed by atoms with Crippen LogP contribution in [0.5, 0.6) is 0 Å². The van der Waals surface area contributed by atoms with E-state index in [0.29, 0.717) is 39.5 Å². The Kier molecular flexibility index (Phi) is 7.01. The molecule has 0 unspecified atom stereocenters. The molecule has 0 saturated carbocycles. The fourth-order valence-electron chi connectivity index (χ4n) is 4.05. The molecule has 1 heterocycles. The van der Waals surface area contributed by atoms with Crippen LogP contribution in [0.25, 0.3) is 22.6 Å². The molecule has 0 aliphatic rings. The predicted molar refractivity (Wildman–Crippen MR) is 157 cm³/mol. The van der Waals surface area contributed by atoms with Crippen LogP contribution in [0.3, 0.4) is 0 Å². The van der Waals surface area contributed by atoms with Crippen molar-refractivity contribution in [2.45, 2.75) is 0 Å². The molecule has 5 aromatic rings. The van der Waals surface area contributed by atoms with Crippen LogP contribution in [0.1, 0.15) is 20.7 Å². The summed E-state index contributed by atoms with van der Waals surface area (Å²) >= 11 is 0. The van der Waals surface area contributed by atoms with Gasteiger partial charge in [0.2, 0.25) is 5.89 Å². The van der Waals surface area contributed by atoms with Gasteiger partial charge in [0.1, 0.15) is 5.52 Å². The predicted octanol–water partition coefficient (Wildman–Crippen LogP) is 6.13. The van der Waals surface area contributed by atoms with Gasteiger partial charge >= 0.3 is 0 Å². The average Bonchev–Trinajstić information content (AvgIpc) is 3.37. The SMILES string of the molecule is CN(C)c1ccc(C(=O)Nc2ccc(-c3nc4ccc(NC(=O)c5ccc(N(C)C)cc5)cc4o3)cc2)cc1. The van der Waals surface area contributed by atoms with E-state index in [1.807, 2.05) is 92.6 Å². The highest BCUT2D eigenvalue weighted by Crippen LogP contribution is 2.28. The zero-order chi connectivity index (χ0) is 27.5. The summed E-state index contributed by atoms with van der Waals surface area (Å²) in [5.74, 6) is 0.0636. The van der Waals surface area contributed by atoms with Crippen molar-refractivity contribution >= 4 is 45.7 Å². The minimum absolute atomic E-state index is 0.182. The first kappa shape index (κ1) is 25.5. The molecule has 39 heavy (non-hydrogen) atoms. The first-order valence-corrected chi connectivity index (χ1v) is 12.5. The van der Waals surface area contributed by atoms with E-state index >= 15 is 0 Å². The van der Waals surface area contributed by atoms with Gasteiger partial charge in [0.05, 0.1) is 0 Å². The number of benzene rings is 4. The van der Waals surface area contributed by atoms with Crippen LogP contribution in [0.15, 0.2) is 95.4 Å². The van der Waals surface area contributed by atoms with Crippen LogP contribution >= 0.6 is 0 Å². The summed E-state index contributed by atoms with van der Waals surface area (Å²) in [7, 11) is 7.82. The molecule has 2 amide bonds. The van der Waals surface area contributed by atoms with E-state index in [9.17, 15) is 9.59 Å². The summed E-state index contributed by atoms with van der Waals surface area (Å²) in [4.78, 5) is 33.8. The minimum atomic E-state index is -0.203. The Morgan fingerprint density at radius 2 is 1.13 bits per heavy atom. The molecular weight excluding hydrogens is 490 g/mol. The van der Waals surface area contributed by atoms with E-state index in [4.69, 9.17) is 4.42 Å². The zero-order valence-corrected chi connectivity index (χ0v) is 22.2. The van der Waals surface area contributed by atoms with Gasteiger partial charge in [-0.2, -0.15) is 0 Å². The second-order valence-corrected chi connectivity index (χ2v) is 9.57. The molecule has 5 rings (SSSR count). The third kappa shape index (κ3) is 5.75. The van der Waals surface area contributed by atoms with Crippen molar-refractivity contribution in [2.24, 2.45) is 0 Å². The number of amides is 2. The van der Waals surface area contributed by atoms with Crippen molar-refractivity contribution in [3.05, 3.63) is 102 Å². The second-order valence-electron chi connectivity index (χ2n) is 9.57. The van der Waals surface area contributed by atoms with Gasteiger partial charge in [-0.1, -0.05) is 0 Å². The summed E-state index contributed by atoms with van der Waals surface area (Å²) in [5, 5.41) is 5.83. The third-order valence-corrected chi connectivity index (χ3v) is 6.33. The van der Waals surface area contributed by atoms with E-state index in [0.717, 1.165) is 16.9 Å². The Morgan fingerprint density at radius 1 is 0.641 bits per heavy atom. The van der Waals surface area contributed by atoms with Crippen LogP contribution in [0, 0.1) is 0 Å². The molecule has 0 radical (unpaired) electrons. The fourth-order valence-corrected chi connectivity index (χ4v) is 4.05. The number of hydrogen-bond donors (Lipinski definition) is 2. The Balaban J connectivity index is 1.26. The van der Waals surface area contributed by atoms with E-state index in [-0.39, 0.29) is 11.8 Å². The van der Waals surface area contributed by atoms with Crippen LogP contribution < -0.4 is 20.4 Å². The molecule has 8 heteroatoms. The van der Waals surface area contributed by atoms with Gasteiger partial charge in [0, 0.05) is 73.7 Å². The van der Waals surface area contributed by atoms with Gasteiger partial charge in [-0.05, 0) is 84.9 Å². The van der Waals surface area contributed by atoms with Crippen molar-refractivity contribution in [3.8, 4) is 11.5 Å². The van der Waals surface area contributed by atoms with Crippen molar-refractivity contribution in [2.75, 3.05) is 48.6 Å². The maximum absolute atomic E-state index is 12.7. The van der Waals surface area contributed by atoms with Gasteiger partial charge < -0.3 is 24.9 Å². The Bertz CT molecular complexity index is 1620. The van der Waals surface area contributed by atoms with Crippen LogP contribution in [-0.4, -0.2) is 45.0 Å². The summed E-state index contributed by atoms with van der Waals surface area (Å²) < 4.78 is 5.99. The smallest absolute Gasteiger partial charge is 0.255 e. The Labute approximate surface area is 226 Å². The topological polar surface area (TPSA) is 90.7 Å². The van der Waals surface area contributed by atoms with E-state index in [2.05, 4.69) is 15.6 Å². The molecule has 8 nitrogen and oxygen atoms in total. The molecule has 0 fully saturated rings. The molecule has 0 aliphatic carbocycles. The maximum Gasteiger partial charge on any atom is 0.255 e. The largest absolute Gasteiger partial charge is 0.436 e. The first-order chi connectivity index (χ1) is 18.8. The van der Waals surface area contributed by atoms with E-state index in [1.54, 1.807) is 36.4 Å². The lowest BCUT2D eigenvalue weighted by atomic mass is 10.1. The van der Waals surface area contributed by atoms with Crippen LogP contribution in [0.4, 0.5) is 22.7 Å². The number of nitrogens with one attached hydrogen (secondary N) is 2. The van der Waals surface area contributed by atoms with Gasteiger partial charge in [0.25, 0.3) is 11.8 Å². The molecule has 1 aromatic heterocycles. The number of carbonyl (C=O) groups is 2. The zero-order valence-electron chi connectivity index (χ0n) is 22.2. The number of nitrogens with zero attached hydrogens (tertiary/aromatic N) is 3. The monoisotopic (exact) mass is 519 g/mol. The van der Waals surface area contributed by atoms with Crippen molar-refractivity contribution < 1.29 is 14.0 Å². The molecule has 0 spiro atoms. The molecule has 0 bridgehead atoms. The number of rotatable bonds is 7. The highest BCUT2D eigenvalue weighted by atomic mass is 16.3. The number of anilines is 4. The number of carbonyl (C=O) groups excluding carboxylic acids is 2. The van der Waals surface area contributed by atoms with Crippen molar-refractivity contribution in [3.63, 3.8) is 0 Å². The highest BCUT2D eigenvalue weighted by Gasteiger charge is 2.12. The summed E-state index contributed by atoms with van der Waals surface area (Å²) in [6, 6.07) is 27.5. The molecule has 0 saturated heterocycles. The van der Waals surface area contributed by atoms with Crippen LogP contribution in [0.2, 0.25) is 0 Å². The minimum Gasteiger partial charge on any atom is -0.436 e. The third-order valence-electron chi connectivity index (χ3n) is 6.33. The molecule has 0 aliphatic heterocycles. The number of hydrogen-bond acceptors (Lipinski definition) is 6. The van der Waals surface area contributed by atoms with Gasteiger partial charge in [0.15, 0.2) is 5.58 Å². The standard InChI is InChI=1S/C31H29N5O3/c1-35(2)25-14-7-20(8-15-25)29(37)32-23-11-5-22(6-12-23)31-34-27-18-13-24(19-28(27)39-31)33-30(38)21-9-16-26(17-10-21)36(3)4/h5-19H,1-4H3,(H,32,37)(H,33,38). The van der Waals surface area contributed by atoms with Crippen molar-refractivity contribution in [1.82, 2.24) is 4.98 Å². The van der Waals surface area contributed by atoms with Gasteiger partial charge in [-0.15, -0.1) is 0 Å². The lowest BCUT2D eigenvalue weighted by Gasteiger charge is -2.12.